The van der Waals surface area contributed by atoms with Crippen LogP contribution in [-0.2, 0) is 38.6 Å². The molecule has 96 heavy (non-hydrogen) atoms. The second kappa shape index (κ2) is 31.5. The van der Waals surface area contributed by atoms with Gasteiger partial charge in [0.1, 0.15) is 11.5 Å². The van der Waals surface area contributed by atoms with E-state index >= 15 is 0 Å². The molecule has 6 nitrogen and oxygen atoms in total. The Morgan fingerprint density at radius 3 is 1.32 bits per heavy atom. The van der Waals surface area contributed by atoms with Gasteiger partial charge in [0.2, 0.25) is 0 Å². The molecule has 0 aliphatic heterocycles. The van der Waals surface area contributed by atoms with Gasteiger partial charge >= 0.3 is 22.0 Å². The Labute approximate surface area is 566 Å². The minimum Gasteiger partial charge on any atom is -0.399 e. The average Bonchev–Trinajstić information content (AvgIpc) is 1.41. The molecule has 0 heterocycles. The van der Waals surface area contributed by atoms with Crippen LogP contribution in [0.1, 0.15) is 204 Å². The van der Waals surface area contributed by atoms with Gasteiger partial charge in [0.25, 0.3) is 12.3 Å². The summed E-state index contributed by atoms with van der Waals surface area (Å²) in [6.07, 6.45) is 24.4. The van der Waals surface area contributed by atoms with Crippen LogP contribution in [0.15, 0.2) is 158 Å². The van der Waals surface area contributed by atoms with Crippen LogP contribution in [-0.4, -0.2) is 20.3 Å². The molecule has 0 saturated heterocycles. The fourth-order valence-electron chi connectivity index (χ4n) is 14.3. The molecule has 9 aromatic carbocycles. The highest BCUT2D eigenvalue weighted by Crippen LogP contribution is 2.60. The molecule has 2 aliphatic rings. The molecule has 14 heteroatoms. The lowest BCUT2D eigenvalue weighted by Gasteiger charge is -2.26. The number of benzene rings is 9. The summed E-state index contributed by atoms with van der Waals surface area (Å²) in [6, 6.07) is 52.4. The molecule has 2 atom stereocenters. The van der Waals surface area contributed by atoms with Gasteiger partial charge in [0, 0.05) is 17.4 Å². The Balaban J connectivity index is 1.16. The number of hydrogen-bond acceptors (Lipinski definition) is 7. The van der Waals surface area contributed by atoms with Crippen molar-refractivity contribution >= 4 is 44.0 Å². The van der Waals surface area contributed by atoms with Crippen LogP contribution in [0.25, 0.3) is 66.1 Å². The van der Waals surface area contributed by atoms with Gasteiger partial charge in [-0.2, -0.15) is 21.6 Å². The zero-order valence-electron chi connectivity index (χ0n) is 54.6. The lowest BCUT2D eigenvalue weighted by molar-refractivity contribution is -0.441. The second-order valence-electron chi connectivity index (χ2n) is 25.4. The van der Waals surface area contributed by atoms with Gasteiger partial charge in [-0.05, 0) is 203 Å². The first kappa shape index (κ1) is 69.4. The van der Waals surface area contributed by atoms with Gasteiger partial charge in [0.15, 0.2) is 0 Å². The van der Waals surface area contributed by atoms with Crippen molar-refractivity contribution in [3.05, 3.63) is 213 Å². The predicted octanol–water partition coefficient (Wildman–Crippen LogP) is 24.0. The number of unbranched alkanes of at least 4 members (excludes halogenated alkanes) is 15. The summed E-state index contributed by atoms with van der Waals surface area (Å²) in [6.45, 7) is 6.62. The van der Waals surface area contributed by atoms with E-state index in [2.05, 4.69) is 145 Å². The van der Waals surface area contributed by atoms with E-state index in [-0.39, 0.29) is 18.1 Å². The maximum atomic E-state index is 14.2. The van der Waals surface area contributed by atoms with Crippen LogP contribution in [0.3, 0.4) is 0 Å². The number of terminal acetylenes is 1. The summed E-state index contributed by atoms with van der Waals surface area (Å²) in [5.41, 5.74) is 10.7. The number of alkyl halides is 6. The van der Waals surface area contributed by atoms with Crippen LogP contribution < -0.4 is 8.37 Å². The number of halogens is 6. The van der Waals surface area contributed by atoms with Crippen molar-refractivity contribution in [3.63, 3.8) is 0 Å². The van der Waals surface area contributed by atoms with Crippen molar-refractivity contribution in [3.8, 4) is 80.2 Å². The smallest absolute Gasteiger partial charge is 0.399 e. The molecule has 0 fully saturated rings. The lowest BCUT2D eigenvalue weighted by atomic mass is 9.76. The normalized spacial score (nSPS) is 14.0. The van der Waals surface area contributed by atoms with Crippen LogP contribution in [0.4, 0.5) is 26.3 Å². The standard InChI is InChI=1S/C82H80F6O6S2/c1-5-9-13-15-17-19-21-23-27-57-33-41-61(42-34-57)75-71-53-63(91-95-94-93-81(83,84)85)45-47-65(71)67-49-51-69-74(60-39-31-56(32-40-60)26-12-8-4)80-70(73(79(69)77(67)75)59-37-29-55(30-38-59)25-11-7-3)52-50-68-66-48-46-64(92-96(89,90)82(86,87)88)54-72(66)76(78(68)80)62-43-35-58(36-44-62)28-24-22-20-18-16-14-10-6-2/h4,29-54,75-76H,5-7,9-11,13-25,27-28H2,1-3H3. The van der Waals surface area contributed by atoms with Gasteiger partial charge in [-0.25, -0.2) is 0 Å². The minimum atomic E-state index is -6.05. The Kier molecular flexibility index (Phi) is 22.7. The molecule has 0 spiro atoms. The van der Waals surface area contributed by atoms with Crippen molar-refractivity contribution in [2.75, 3.05) is 0 Å². The Morgan fingerprint density at radius 2 is 0.875 bits per heavy atom. The van der Waals surface area contributed by atoms with Crippen molar-refractivity contribution in [1.82, 2.24) is 0 Å². The molecule has 0 radical (unpaired) electrons. The molecule has 0 bridgehead atoms. The molecule has 11 rings (SSSR count). The Bertz CT molecular complexity index is 4410. The number of hydrogen-bond donors (Lipinski definition) is 0. The molecule has 0 amide bonds. The molecule has 2 unspecified atom stereocenters. The van der Waals surface area contributed by atoms with E-state index in [9.17, 15) is 34.8 Å². The third-order valence-electron chi connectivity index (χ3n) is 18.9. The van der Waals surface area contributed by atoms with E-state index in [0.717, 1.165) is 152 Å². The first-order valence-electron chi connectivity index (χ1n) is 34.0. The molecular weight excluding hydrogens is 1260 g/mol. The molecular formula is C82H80F6O6S2. The largest absolute Gasteiger partial charge is 0.550 e. The van der Waals surface area contributed by atoms with Crippen LogP contribution in [0.5, 0.6) is 11.5 Å². The van der Waals surface area contributed by atoms with E-state index < -0.39 is 39.6 Å². The summed E-state index contributed by atoms with van der Waals surface area (Å²) >= 11 is 0.0673. The third kappa shape index (κ3) is 15.9. The fourth-order valence-corrected chi connectivity index (χ4v) is 15.1. The zero-order chi connectivity index (χ0) is 67.4. The molecule has 2 aliphatic carbocycles. The second-order valence-corrected chi connectivity index (χ2v) is 27.4. The Morgan fingerprint density at radius 1 is 0.469 bits per heavy atom. The fraction of sp³-hybridized carbons (Fsp3) is 0.341. The van der Waals surface area contributed by atoms with E-state index in [0.29, 0.717) is 16.7 Å². The number of rotatable bonds is 31. The monoisotopic (exact) mass is 1340 g/mol. The highest BCUT2D eigenvalue weighted by molar-refractivity contribution is 7.90. The maximum absolute atomic E-state index is 14.2. The van der Waals surface area contributed by atoms with Crippen LogP contribution in [0.2, 0.25) is 0 Å². The van der Waals surface area contributed by atoms with Crippen LogP contribution in [0, 0.1) is 24.2 Å². The highest BCUT2D eigenvalue weighted by atomic mass is 32.2. The summed E-state index contributed by atoms with van der Waals surface area (Å²) in [7, 11) is -6.05. The van der Waals surface area contributed by atoms with E-state index in [1.807, 2.05) is 36.4 Å². The molecule has 0 N–H and O–H groups in total. The minimum absolute atomic E-state index is 0.0673. The quantitative estimate of drug-likeness (QED) is 0.00493. The Hall–Kier alpha value is -7.98. The lowest BCUT2D eigenvalue weighted by Crippen LogP contribution is -2.28. The first-order chi connectivity index (χ1) is 46.5. The van der Waals surface area contributed by atoms with Crippen LogP contribution >= 0.6 is 12.3 Å². The van der Waals surface area contributed by atoms with Gasteiger partial charge in [-0.15, -0.1) is 28.8 Å². The van der Waals surface area contributed by atoms with Crippen molar-refractivity contribution in [2.24, 2.45) is 0 Å². The number of aryl methyl sites for hydroxylation is 3. The summed E-state index contributed by atoms with van der Waals surface area (Å²) < 4.78 is 123. The molecule has 9 aromatic rings. The zero-order valence-corrected chi connectivity index (χ0v) is 56.3. The summed E-state index contributed by atoms with van der Waals surface area (Å²) in [5.74, 6) is 6.94. The predicted molar refractivity (Wildman–Crippen MR) is 377 cm³/mol. The SMILES string of the molecule is C#CC#Cc1ccc(-c2c3ccc4c(c3c(-c3ccc(CCCC)cc3)c3ccc5c(c23)C(c2ccc(CCCCCCCCCC)cc2)c2cc(OS(=O)(=O)C(F)(F)F)ccc2-5)C(c2ccc(CCCCCCCCCC)cc2)c2cc(OSOOC(F)(F)F)ccc2-4)cc1. The van der Waals surface area contributed by atoms with Crippen molar-refractivity contribution in [1.29, 1.82) is 0 Å². The molecule has 498 valence electrons. The topological polar surface area (TPSA) is 71.1 Å². The van der Waals surface area contributed by atoms with E-state index in [4.69, 9.17) is 14.8 Å². The summed E-state index contributed by atoms with van der Waals surface area (Å²) in [4.78, 5) is 3.60. The summed E-state index contributed by atoms with van der Waals surface area (Å²) in [5, 5.41) is 3.63. The number of fused-ring (bicyclic) bond motifs is 10. The molecule has 0 aromatic heterocycles. The van der Waals surface area contributed by atoms with Crippen molar-refractivity contribution in [2.45, 2.75) is 179 Å². The maximum Gasteiger partial charge on any atom is 0.550 e. The van der Waals surface area contributed by atoms with E-state index in [1.54, 1.807) is 12.1 Å². The first-order valence-corrected chi connectivity index (χ1v) is 36.1. The van der Waals surface area contributed by atoms with Gasteiger partial charge in [-0.3, -0.25) is 0 Å². The van der Waals surface area contributed by atoms with Gasteiger partial charge in [0.05, 0.1) is 0 Å². The molecule has 0 saturated carbocycles. The third-order valence-corrected chi connectivity index (χ3v) is 20.3. The van der Waals surface area contributed by atoms with Gasteiger partial charge in [-0.1, -0.05) is 244 Å². The van der Waals surface area contributed by atoms with Crippen molar-refractivity contribution < 1.29 is 52.3 Å². The highest BCUT2D eigenvalue weighted by Gasteiger charge is 2.49. The average molecular weight is 1340 g/mol. The van der Waals surface area contributed by atoms with Gasteiger partial charge < -0.3 is 8.37 Å². The van der Waals surface area contributed by atoms with E-state index in [1.165, 1.54) is 100 Å².